The third-order valence-corrected chi connectivity index (χ3v) is 4.04. The first-order valence-electron chi connectivity index (χ1n) is 6.67. The molecular formula is C14H25N. The highest BCUT2D eigenvalue weighted by atomic mass is 15.2. The second kappa shape index (κ2) is 5.16. The third kappa shape index (κ3) is 2.84. The molecule has 0 radical (unpaired) electrons. The molecule has 86 valence electrons. The summed E-state index contributed by atoms with van der Waals surface area (Å²) < 4.78 is 0. The van der Waals surface area contributed by atoms with E-state index >= 15 is 0 Å². The summed E-state index contributed by atoms with van der Waals surface area (Å²) in [7, 11) is 0. The van der Waals surface area contributed by atoms with Gasteiger partial charge in [-0.3, -0.25) is 4.90 Å². The van der Waals surface area contributed by atoms with E-state index in [-0.39, 0.29) is 0 Å². The highest BCUT2D eigenvalue weighted by Gasteiger charge is 2.30. The normalized spacial score (nSPS) is 24.1. The van der Waals surface area contributed by atoms with Crippen LogP contribution in [0.25, 0.3) is 0 Å². The molecule has 0 amide bonds. The second-order valence-corrected chi connectivity index (χ2v) is 5.51. The molecule has 0 aromatic rings. The minimum atomic E-state index is 0.879. The Morgan fingerprint density at radius 2 is 1.40 bits per heavy atom. The van der Waals surface area contributed by atoms with Gasteiger partial charge in [0.2, 0.25) is 0 Å². The summed E-state index contributed by atoms with van der Waals surface area (Å²) in [4.78, 5) is 2.78. The molecule has 2 aliphatic rings. The van der Waals surface area contributed by atoms with Crippen LogP contribution < -0.4 is 0 Å². The molecule has 0 saturated heterocycles. The van der Waals surface area contributed by atoms with Gasteiger partial charge in [0.1, 0.15) is 0 Å². The zero-order chi connectivity index (χ0) is 10.7. The summed E-state index contributed by atoms with van der Waals surface area (Å²) in [5.74, 6) is 0. The molecule has 0 atom stereocenters. The fraction of sp³-hybridized carbons (Fsp3) is 0.857. The molecule has 0 aromatic heterocycles. The third-order valence-electron chi connectivity index (χ3n) is 4.04. The molecule has 0 N–H and O–H groups in total. The minimum absolute atomic E-state index is 0.879. The number of rotatable bonds is 4. The van der Waals surface area contributed by atoms with E-state index in [4.69, 9.17) is 0 Å². The Balaban J connectivity index is 1.97. The molecule has 0 bridgehead atoms. The molecule has 2 fully saturated rings. The Morgan fingerprint density at radius 1 is 1.00 bits per heavy atom. The predicted octanol–water partition coefficient (Wildman–Crippen LogP) is 3.75. The molecule has 1 nitrogen and oxygen atoms in total. The first-order chi connectivity index (χ1) is 7.27. The van der Waals surface area contributed by atoms with Crippen LogP contribution in [-0.2, 0) is 0 Å². The minimum Gasteiger partial charge on any atom is -0.294 e. The van der Waals surface area contributed by atoms with Gasteiger partial charge < -0.3 is 0 Å². The van der Waals surface area contributed by atoms with Gasteiger partial charge in [-0.05, 0) is 32.6 Å². The topological polar surface area (TPSA) is 3.24 Å². The summed E-state index contributed by atoms with van der Waals surface area (Å²) in [6.07, 6.45) is 11.5. The monoisotopic (exact) mass is 207 g/mol. The van der Waals surface area contributed by atoms with Crippen molar-refractivity contribution in [1.29, 1.82) is 0 Å². The molecule has 0 unspecified atom stereocenters. The lowest BCUT2D eigenvalue weighted by Gasteiger charge is -2.34. The summed E-state index contributed by atoms with van der Waals surface area (Å²) in [5, 5.41) is 0. The van der Waals surface area contributed by atoms with Crippen molar-refractivity contribution in [1.82, 2.24) is 4.90 Å². The molecule has 2 rings (SSSR count). The van der Waals surface area contributed by atoms with E-state index in [1.54, 1.807) is 0 Å². The van der Waals surface area contributed by atoms with Gasteiger partial charge in [0.05, 0.1) is 0 Å². The standard InChI is InChI=1S/C14H25N/c1-12(2)11-15(13-7-3-4-8-13)14-9-5-6-10-14/h13-14H,1,3-11H2,2H3. The molecule has 2 aliphatic carbocycles. The van der Waals surface area contributed by atoms with Crippen LogP contribution in [0.1, 0.15) is 58.3 Å². The van der Waals surface area contributed by atoms with Crippen molar-refractivity contribution in [3.8, 4) is 0 Å². The van der Waals surface area contributed by atoms with Crippen LogP contribution in [0.4, 0.5) is 0 Å². The van der Waals surface area contributed by atoms with E-state index in [2.05, 4.69) is 18.4 Å². The maximum atomic E-state index is 4.10. The molecule has 0 heterocycles. The Hall–Kier alpha value is -0.300. The Kier molecular flexibility index (Phi) is 3.85. The van der Waals surface area contributed by atoms with Gasteiger partial charge in [-0.15, -0.1) is 0 Å². The van der Waals surface area contributed by atoms with E-state index in [9.17, 15) is 0 Å². The predicted molar refractivity (Wildman–Crippen MR) is 66.0 cm³/mol. The van der Waals surface area contributed by atoms with Crippen molar-refractivity contribution in [2.24, 2.45) is 0 Å². The Labute approximate surface area is 94.5 Å². The van der Waals surface area contributed by atoms with Crippen molar-refractivity contribution < 1.29 is 0 Å². The Bertz CT molecular complexity index is 193. The largest absolute Gasteiger partial charge is 0.294 e. The summed E-state index contributed by atoms with van der Waals surface area (Å²) in [6, 6.07) is 1.76. The molecule has 0 aliphatic heterocycles. The summed E-state index contributed by atoms with van der Waals surface area (Å²) in [6.45, 7) is 7.42. The van der Waals surface area contributed by atoms with Gasteiger partial charge in [0.25, 0.3) is 0 Å². The lowest BCUT2D eigenvalue weighted by Crippen LogP contribution is -2.41. The molecule has 15 heavy (non-hydrogen) atoms. The second-order valence-electron chi connectivity index (χ2n) is 5.51. The van der Waals surface area contributed by atoms with E-state index in [0.29, 0.717) is 0 Å². The summed E-state index contributed by atoms with van der Waals surface area (Å²) in [5.41, 5.74) is 1.34. The number of hydrogen-bond donors (Lipinski definition) is 0. The van der Waals surface area contributed by atoms with E-state index < -0.39 is 0 Å². The lowest BCUT2D eigenvalue weighted by molar-refractivity contribution is 0.151. The lowest BCUT2D eigenvalue weighted by atomic mass is 10.1. The molecule has 1 heteroatoms. The average Bonchev–Trinajstić information content (AvgIpc) is 2.87. The van der Waals surface area contributed by atoms with Crippen LogP contribution >= 0.6 is 0 Å². The first kappa shape index (κ1) is 11.2. The van der Waals surface area contributed by atoms with Crippen molar-refractivity contribution in [2.75, 3.05) is 6.54 Å². The fourth-order valence-corrected chi connectivity index (χ4v) is 3.34. The van der Waals surface area contributed by atoms with Crippen molar-refractivity contribution in [3.05, 3.63) is 12.2 Å². The van der Waals surface area contributed by atoms with E-state index in [1.807, 2.05) is 0 Å². The van der Waals surface area contributed by atoms with Crippen LogP contribution in [-0.4, -0.2) is 23.5 Å². The highest BCUT2D eigenvalue weighted by Crippen LogP contribution is 2.31. The zero-order valence-corrected chi connectivity index (χ0v) is 10.2. The van der Waals surface area contributed by atoms with Gasteiger partial charge in [0.15, 0.2) is 0 Å². The van der Waals surface area contributed by atoms with Gasteiger partial charge in [-0.1, -0.05) is 37.8 Å². The molecule has 0 aromatic carbocycles. The van der Waals surface area contributed by atoms with Crippen molar-refractivity contribution in [3.63, 3.8) is 0 Å². The maximum Gasteiger partial charge on any atom is 0.0193 e. The quantitative estimate of drug-likeness (QED) is 0.635. The van der Waals surface area contributed by atoms with Crippen LogP contribution in [0.5, 0.6) is 0 Å². The van der Waals surface area contributed by atoms with Crippen LogP contribution in [0.15, 0.2) is 12.2 Å². The average molecular weight is 207 g/mol. The van der Waals surface area contributed by atoms with E-state index in [0.717, 1.165) is 18.6 Å². The molecule has 0 spiro atoms. The first-order valence-corrected chi connectivity index (χ1v) is 6.67. The number of nitrogens with zero attached hydrogens (tertiary/aromatic N) is 1. The van der Waals surface area contributed by atoms with Crippen molar-refractivity contribution in [2.45, 2.75) is 70.4 Å². The van der Waals surface area contributed by atoms with Gasteiger partial charge in [-0.2, -0.15) is 0 Å². The van der Waals surface area contributed by atoms with Crippen LogP contribution in [0.2, 0.25) is 0 Å². The summed E-state index contributed by atoms with van der Waals surface area (Å²) >= 11 is 0. The van der Waals surface area contributed by atoms with Gasteiger partial charge in [-0.25, -0.2) is 0 Å². The Morgan fingerprint density at radius 3 is 1.73 bits per heavy atom. The van der Waals surface area contributed by atoms with E-state index in [1.165, 1.54) is 56.9 Å². The highest BCUT2D eigenvalue weighted by molar-refractivity contribution is 4.97. The zero-order valence-electron chi connectivity index (χ0n) is 10.2. The molecular weight excluding hydrogens is 182 g/mol. The van der Waals surface area contributed by atoms with Crippen molar-refractivity contribution >= 4 is 0 Å². The van der Waals surface area contributed by atoms with Crippen LogP contribution in [0, 0.1) is 0 Å². The molecule has 2 saturated carbocycles. The smallest absolute Gasteiger partial charge is 0.0193 e. The fourth-order valence-electron chi connectivity index (χ4n) is 3.34. The van der Waals surface area contributed by atoms with Gasteiger partial charge >= 0.3 is 0 Å². The van der Waals surface area contributed by atoms with Crippen LogP contribution in [0.3, 0.4) is 0 Å². The SMILES string of the molecule is C=C(C)CN(C1CCCC1)C1CCCC1. The maximum absolute atomic E-state index is 4.10. The number of hydrogen-bond acceptors (Lipinski definition) is 1. The van der Waals surface area contributed by atoms with Gasteiger partial charge in [0, 0.05) is 18.6 Å².